The van der Waals surface area contributed by atoms with Crippen molar-refractivity contribution in [2.24, 2.45) is 5.92 Å². The molecule has 1 aliphatic heterocycles. The number of halogens is 1. The third-order valence-corrected chi connectivity index (χ3v) is 4.16. The van der Waals surface area contributed by atoms with Crippen molar-refractivity contribution in [3.05, 3.63) is 34.9 Å². The molecular formula is C19H24ClNO5. The molecule has 0 bridgehead atoms. The fourth-order valence-corrected chi connectivity index (χ4v) is 3.13. The Morgan fingerprint density at radius 3 is 2.58 bits per heavy atom. The van der Waals surface area contributed by atoms with Crippen LogP contribution in [0.5, 0.6) is 0 Å². The molecule has 1 aromatic carbocycles. The lowest BCUT2D eigenvalue weighted by molar-refractivity contribution is -0.151. The second-order valence-corrected chi connectivity index (χ2v) is 7.66. The van der Waals surface area contributed by atoms with Crippen molar-refractivity contribution in [3.63, 3.8) is 0 Å². The highest BCUT2D eigenvalue weighted by Gasteiger charge is 2.48. The molecule has 26 heavy (non-hydrogen) atoms. The number of carbonyl (C=O) groups is 3. The van der Waals surface area contributed by atoms with Crippen LogP contribution in [0.3, 0.4) is 0 Å². The lowest BCUT2D eigenvalue weighted by Gasteiger charge is -2.26. The smallest absolute Gasteiger partial charge is 0.417 e. The number of hydrogen-bond donors (Lipinski definition) is 0. The van der Waals surface area contributed by atoms with E-state index in [1.807, 2.05) is 6.07 Å². The van der Waals surface area contributed by atoms with Crippen molar-refractivity contribution >= 4 is 29.6 Å². The highest BCUT2D eigenvalue weighted by atomic mass is 35.5. The average molecular weight is 382 g/mol. The van der Waals surface area contributed by atoms with E-state index in [-0.39, 0.29) is 13.0 Å². The van der Waals surface area contributed by atoms with Gasteiger partial charge < -0.3 is 9.47 Å². The Kier molecular flexibility index (Phi) is 6.29. The Morgan fingerprint density at radius 2 is 2.00 bits per heavy atom. The summed E-state index contributed by atoms with van der Waals surface area (Å²) in [5.74, 6) is -1.55. The van der Waals surface area contributed by atoms with Gasteiger partial charge in [-0.25, -0.2) is 14.5 Å². The van der Waals surface area contributed by atoms with E-state index in [2.05, 4.69) is 0 Å². The minimum absolute atomic E-state index is 0.171. The minimum Gasteiger partial charge on any atom is -0.464 e. The first-order chi connectivity index (χ1) is 12.1. The zero-order chi connectivity index (χ0) is 19.5. The topological polar surface area (TPSA) is 72.9 Å². The van der Waals surface area contributed by atoms with Gasteiger partial charge in [-0.2, -0.15) is 0 Å². The Balaban J connectivity index is 2.24. The van der Waals surface area contributed by atoms with Crippen LogP contribution >= 0.6 is 11.6 Å². The first-order valence-corrected chi connectivity index (χ1v) is 8.97. The molecule has 0 aromatic heterocycles. The Bertz CT molecular complexity index is 697. The Morgan fingerprint density at radius 1 is 1.31 bits per heavy atom. The van der Waals surface area contributed by atoms with Gasteiger partial charge in [0.25, 0.3) is 0 Å². The van der Waals surface area contributed by atoms with Gasteiger partial charge in [0, 0.05) is 10.9 Å². The largest absolute Gasteiger partial charge is 0.464 e. The van der Waals surface area contributed by atoms with Gasteiger partial charge in [-0.15, -0.1) is 0 Å². The molecular weight excluding hydrogens is 358 g/mol. The number of hydrogen-bond acceptors (Lipinski definition) is 5. The van der Waals surface area contributed by atoms with Crippen LogP contribution in [0.2, 0.25) is 5.02 Å². The molecule has 1 aliphatic rings. The van der Waals surface area contributed by atoms with E-state index in [1.165, 1.54) is 0 Å². The second-order valence-electron chi connectivity index (χ2n) is 7.22. The lowest BCUT2D eigenvalue weighted by atomic mass is 9.96. The van der Waals surface area contributed by atoms with E-state index in [0.29, 0.717) is 11.4 Å². The molecule has 2 rings (SSSR count). The minimum atomic E-state index is -0.971. The van der Waals surface area contributed by atoms with E-state index in [9.17, 15) is 14.4 Å². The van der Waals surface area contributed by atoms with Gasteiger partial charge >= 0.3 is 12.1 Å². The van der Waals surface area contributed by atoms with E-state index >= 15 is 0 Å². The van der Waals surface area contributed by atoms with E-state index < -0.39 is 35.5 Å². The van der Waals surface area contributed by atoms with Crippen LogP contribution in [0.15, 0.2) is 24.3 Å². The molecule has 1 saturated heterocycles. The van der Waals surface area contributed by atoms with Crippen molar-refractivity contribution in [2.75, 3.05) is 6.61 Å². The molecule has 0 spiro atoms. The number of nitrogens with zero attached hydrogens (tertiary/aromatic N) is 1. The highest BCUT2D eigenvalue weighted by molar-refractivity contribution is 6.30. The molecule has 0 N–H and O–H groups in total. The summed E-state index contributed by atoms with van der Waals surface area (Å²) in [4.78, 5) is 38.5. The number of benzene rings is 1. The van der Waals surface area contributed by atoms with E-state index in [0.717, 1.165) is 10.5 Å². The maximum atomic E-state index is 12.8. The van der Waals surface area contributed by atoms with Crippen LogP contribution in [0.1, 0.15) is 39.7 Å². The average Bonchev–Trinajstić information content (AvgIpc) is 2.83. The maximum Gasteiger partial charge on any atom is 0.417 e. The van der Waals surface area contributed by atoms with Gasteiger partial charge in [0.2, 0.25) is 5.91 Å². The molecule has 1 fully saturated rings. The number of carbonyl (C=O) groups excluding carboxylic acids is 3. The summed E-state index contributed by atoms with van der Waals surface area (Å²) in [5, 5.41) is 0.568. The number of rotatable bonds is 4. The van der Waals surface area contributed by atoms with Gasteiger partial charge in [-0.05, 0) is 58.2 Å². The summed E-state index contributed by atoms with van der Waals surface area (Å²) >= 11 is 6.00. The molecule has 0 unspecified atom stereocenters. The van der Waals surface area contributed by atoms with Crippen molar-refractivity contribution < 1.29 is 23.9 Å². The summed E-state index contributed by atoms with van der Waals surface area (Å²) in [6.07, 6.45) is -0.243. The SMILES string of the molecule is CCOC(=O)[C@H]1C[C@H](Cc2cccc(Cl)c2)C(=O)N1C(=O)OC(C)(C)C. The van der Waals surface area contributed by atoms with E-state index in [1.54, 1.807) is 45.9 Å². The number of imide groups is 1. The van der Waals surface area contributed by atoms with Crippen LogP contribution in [0.25, 0.3) is 0 Å². The van der Waals surface area contributed by atoms with Crippen LogP contribution < -0.4 is 0 Å². The summed E-state index contributed by atoms with van der Waals surface area (Å²) < 4.78 is 10.3. The van der Waals surface area contributed by atoms with Crippen LogP contribution in [0.4, 0.5) is 4.79 Å². The lowest BCUT2D eigenvalue weighted by Crippen LogP contribution is -2.46. The third-order valence-electron chi connectivity index (χ3n) is 3.93. The van der Waals surface area contributed by atoms with Gasteiger partial charge in [0.1, 0.15) is 11.6 Å². The van der Waals surface area contributed by atoms with Crippen LogP contribution in [0, 0.1) is 5.92 Å². The van der Waals surface area contributed by atoms with Crippen molar-refractivity contribution in [2.45, 2.75) is 52.2 Å². The third kappa shape index (κ3) is 4.97. The van der Waals surface area contributed by atoms with Crippen LogP contribution in [-0.2, 0) is 25.5 Å². The molecule has 0 aliphatic carbocycles. The molecule has 0 saturated carbocycles. The summed E-state index contributed by atoms with van der Waals surface area (Å²) in [6.45, 7) is 6.96. The number of amides is 2. The zero-order valence-corrected chi connectivity index (χ0v) is 16.2. The quantitative estimate of drug-likeness (QED) is 0.745. The van der Waals surface area contributed by atoms with Gasteiger partial charge in [-0.3, -0.25) is 4.79 Å². The molecule has 1 aromatic rings. The summed E-state index contributed by atoms with van der Waals surface area (Å²) in [6, 6.07) is 6.20. The fraction of sp³-hybridized carbons (Fsp3) is 0.526. The maximum absolute atomic E-state index is 12.8. The molecule has 0 radical (unpaired) electrons. The summed E-state index contributed by atoms with van der Waals surface area (Å²) in [5.41, 5.74) is 0.0891. The number of ether oxygens (including phenoxy) is 2. The predicted octanol–water partition coefficient (Wildman–Crippen LogP) is 3.60. The first-order valence-electron chi connectivity index (χ1n) is 8.59. The monoisotopic (exact) mass is 381 g/mol. The second kappa shape index (κ2) is 8.08. The van der Waals surface area contributed by atoms with Crippen molar-refractivity contribution in [1.29, 1.82) is 0 Å². The fourth-order valence-electron chi connectivity index (χ4n) is 2.91. The molecule has 7 heteroatoms. The molecule has 1 heterocycles. The van der Waals surface area contributed by atoms with Gasteiger partial charge in [0.15, 0.2) is 0 Å². The zero-order valence-electron chi connectivity index (χ0n) is 15.5. The van der Waals surface area contributed by atoms with Crippen molar-refractivity contribution in [1.82, 2.24) is 4.90 Å². The molecule has 2 amide bonds. The van der Waals surface area contributed by atoms with Gasteiger partial charge in [0.05, 0.1) is 6.61 Å². The predicted molar refractivity (Wildman–Crippen MR) is 96.8 cm³/mol. The Hall–Kier alpha value is -2.08. The standard InChI is InChI=1S/C19H24ClNO5/c1-5-25-17(23)15-11-13(9-12-7-6-8-14(20)10-12)16(22)21(15)18(24)26-19(2,3)4/h6-8,10,13,15H,5,9,11H2,1-4H3/t13-,15+/m0/s1. The normalized spacial score (nSPS) is 20.2. The van der Waals surface area contributed by atoms with Crippen LogP contribution in [-0.4, -0.2) is 41.1 Å². The number of esters is 1. The highest BCUT2D eigenvalue weighted by Crippen LogP contribution is 2.30. The first kappa shape index (κ1) is 20.2. The van der Waals surface area contributed by atoms with Gasteiger partial charge in [-0.1, -0.05) is 23.7 Å². The molecule has 2 atom stereocenters. The van der Waals surface area contributed by atoms with Crippen molar-refractivity contribution in [3.8, 4) is 0 Å². The van der Waals surface area contributed by atoms with E-state index in [4.69, 9.17) is 21.1 Å². The number of likely N-dealkylation sites (tertiary alicyclic amines) is 1. The molecule has 142 valence electrons. The Labute approximate surface area is 158 Å². The molecule has 6 nitrogen and oxygen atoms in total. The summed E-state index contributed by atoms with van der Waals surface area (Å²) in [7, 11) is 0.